The van der Waals surface area contributed by atoms with Crippen molar-refractivity contribution in [3.8, 4) is 0 Å². The molecule has 6 nitrogen and oxygen atoms in total. The Morgan fingerprint density at radius 1 is 1.62 bits per heavy atom. The number of aromatic amines is 1. The van der Waals surface area contributed by atoms with Gasteiger partial charge in [-0.2, -0.15) is 4.98 Å². The summed E-state index contributed by atoms with van der Waals surface area (Å²) in [5.74, 6) is -1.45. The first-order valence-electron chi connectivity index (χ1n) is 3.11. The van der Waals surface area contributed by atoms with Crippen molar-refractivity contribution in [3.05, 3.63) is 22.5 Å². The summed E-state index contributed by atoms with van der Waals surface area (Å²) in [6, 6.07) is 0. The van der Waals surface area contributed by atoms with Gasteiger partial charge in [-0.05, 0) is 0 Å². The second-order valence-corrected chi connectivity index (χ2v) is 4.03. The molecule has 1 aromatic heterocycles. The Labute approximate surface area is 72.9 Å². The highest BCUT2D eigenvalue weighted by Gasteiger charge is 2.08. The number of hydrogen-bond acceptors (Lipinski definition) is 4. The normalized spacial score (nSPS) is 11.2. The lowest BCUT2D eigenvalue weighted by atomic mass is 10.6. The molecule has 1 heterocycles. The maximum Gasteiger partial charge on any atom is 0.346 e. The number of halogens is 1. The summed E-state index contributed by atoms with van der Waals surface area (Å²) >= 11 is 0. The molecule has 13 heavy (non-hydrogen) atoms. The van der Waals surface area contributed by atoms with Gasteiger partial charge in [-0.15, -0.1) is 0 Å². The average molecular weight is 207 g/mol. The third-order valence-corrected chi connectivity index (χ3v) is 1.63. The second kappa shape index (κ2) is 3.13. The lowest BCUT2D eigenvalue weighted by molar-refractivity contribution is 0.600. The third-order valence-electron chi connectivity index (χ3n) is 1.05. The molecule has 0 aromatic carbocycles. The molecule has 72 valence electrons. The molecule has 0 saturated carbocycles. The number of aromatic nitrogens is 2. The Hall–Kier alpha value is -1.44. The average Bonchev–Trinajstić information content (AvgIpc) is 1.94. The van der Waals surface area contributed by atoms with E-state index >= 15 is 0 Å². The molecule has 0 aliphatic heterocycles. The van der Waals surface area contributed by atoms with Crippen LogP contribution in [-0.2, 0) is 10.0 Å². The zero-order valence-corrected chi connectivity index (χ0v) is 7.35. The van der Waals surface area contributed by atoms with Gasteiger partial charge in [0.2, 0.25) is 10.0 Å². The first-order valence-corrected chi connectivity index (χ1v) is 5.00. The van der Waals surface area contributed by atoms with Crippen LogP contribution in [0.5, 0.6) is 0 Å². The Kier molecular flexibility index (Phi) is 2.32. The molecule has 0 spiro atoms. The van der Waals surface area contributed by atoms with E-state index in [9.17, 15) is 17.6 Å². The van der Waals surface area contributed by atoms with Gasteiger partial charge in [0.05, 0.1) is 12.5 Å². The van der Waals surface area contributed by atoms with Gasteiger partial charge in [-0.3, -0.25) is 9.71 Å². The molecule has 0 bridgehead atoms. The lowest BCUT2D eigenvalue weighted by Gasteiger charge is -2.02. The van der Waals surface area contributed by atoms with Crippen molar-refractivity contribution < 1.29 is 12.8 Å². The van der Waals surface area contributed by atoms with Crippen molar-refractivity contribution in [2.24, 2.45) is 0 Å². The van der Waals surface area contributed by atoms with E-state index in [0.29, 0.717) is 6.20 Å². The highest BCUT2D eigenvalue weighted by molar-refractivity contribution is 7.92. The van der Waals surface area contributed by atoms with E-state index in [2.05, 4.69) is 4.98 Å². The Morgan fingerprint density at radius 3 is 2.77 bits per heavy atom. The zero-order chi connectivity index (χ0) is 10.1. The van der Waals surface area contributed by atoms with Crippen LogP contribution in [0.25, 0.3) is 0 Å². The van der Waals surface area contributed by atoms with Crippen LogP contribution in [0, 0.1) is 5.82 Å². The first kappa shape index (κ1) is 9.65. The molecule has 0 aliphatic rings. The molecule has 0 amide bonds. The van der Waals surface area contributed by atoms with Gasteiger partial charge in [-0.25, -0.2) is 17.6 Å². The van der Waals surface area contributed by atoms with Crippen LogP contribution in [0.4, 0.5) is 10.2 Å². The summed E-state index contributed by atoms with van der Waals surface area (Å²) in [6.45, 7) is 0. The minimum Gasteiger partial charge on any atom is -0.289 e. The smallest absolute Gasteiger partial charge is 0.289 e. The molecule has 0 unspecified atom stereocenters. The lowest BCUT2D eigenvalue weighted by Crippen LogP contribution is -2.18. The van der Waals surface area contributed by atoms with Gasteiger partial charge < -0.3 is 0 Å². The standard InChI is InChI=1S/C5H6FN3O3S/c1-13(11,12)9-4-3(6)2-7-5(10)8-4/h2H,1H3,(H2,7,8,9,10). The fourth-order valence-electron chi connectivity index (χ4n) is 0.638. The topological polar surface area (TPSA) is 91.9 Å². The van der Waals surface area contributed by atoms with Crippen LogP contribution in [0.1, 0.15) is 0 Å². The Morgan fingerprint density at radius 2 is 2.23 bits per heavy atom. The van der Waals surface area contributed by atoms with E-state index in [1.807, 2.05) is 4.98 Å². The number of rotatable bonds is 2. The molecule has 2 N–H and O–H groups in total. The zero-order valence-electron chi connectivity index (χ0n) is 6.54. The van der Waals surface area contributed by atoms with Gasteiger partial charge >= 0.3 is 5.69 Å². The summed E-state index contributed by atoms with van der Waals surface area (Å²) in [5.41, 5.74) is -0.826. The van der Waals surface area contributed by atoms with E-state index in [1.165, 1.54) is 0 Å². The van der Waals surface area contributed by atoms with Crippen molar-refractivity contribution in [2.45, 2.75) is 0 Å². The predicted molar refractivity (Wildman–Crippen MR) is 43.3 cm³/mol. The van der Waals surface area contributed by atoms with Gasteiger partial charge in [0, 0.05) is 0 Å². The molecule has 0 radical (unpaired) electrons. The van der Waals surface area contributed by atoms with Crippen LogP contribution in [-0.4, -0.2) is 24.6 Å². The molecule has 0 fully saturated rings. The molecule has 0 atom stereocenters. The van der Waals surface area contributed by atoms with E-state index in [0.717, 1.165) is 6.26 Å². The first-order chi connectivity index (χ1) is 5.88. The number of H-pyrrole nitrogens is 1. The monoisotopic (exact) mass is 207 g/mol. The predicted octanol–water partition coefficient (Wildman–Crippen LogP) is -0.720. The summed E-state index contributed by atoms with van der Waals surface area (Å²) in [5, 5.41) is 0. The summed E-state index contributed by atoms with van der Waals surface area (Å²) in [4.78, 5) is 15.5. The maximum atomic E-state index is 12.7. The SMILES string of the molecule is CS(=O)(=O)Nc1[nH]c(=O)ncc1F. The number of hydrogen-bond donors (Lipinski definition) is 2. The molecular weight excluding hydrogens is 201 g/mol. The third kappa shape index (κ3) is 2.82. The van der Waals surface area contributed by atoms with Crippen molar-refractivity contribution in [1.82, 2.24) is 9.97 Å². The minimum absolute atomic E-state index is 0.512. The molecule has 0 saturated heterocycles. The number of nitrogens with zero attached hydrogens (tertiary/aromatic N) is 1. The van der Waals surface area contributed by atoms with E-state index in [-0.39, 0.29) is 0 Å². The van der Waals surface area contributed by atoms with Gasteiger partial charge in [0.15, 0.2) is 11.6 Å². The fourth-order valence-corrected chi connectivity index (χ4v) is 1.16. The summed E-state index contributed by atoms with van der Waals surface area (Å²) < 4.78 is 35.8. The van der Waals surface area contributed by atoms with Gasteiger partial charge in [-0.1, -0.05) is 0 Å². The van der Waals surface area contributed by atoms with Crippen LogP contribution < -0.4 is 10.4 Å². The highest BCUT2D eigenvalue weighted by Crippen LogP contribution is 2.06. The number of anilines is 1. The number of nitrogens with one attached hydrogen (secondary N) is 2. The molecule has 8 heteroatoms. The molecule has 1 rings (SSSR count). The van der Waals surface area contributed by atoms with Gasteiger partial charge in [0.1, 0.15) is 0 Å². The van der Waals surface area contributed by atoms with Crippen molar-refractivity contribution >= 4 is 15.8 Å². The largest absolute Gasteiger partial charge is 0.346 e. The molecular formula is C5H6FN3O3S. The quantitative estimate of drug-likeness (QED) is 0.669. The fraction of sp³-hybridized carbons (Fsp3) is 0.200. The van der Waals surface area contributed by atoms with Crippen LogP contribution in [0.3, 0.4) is 0 Å². The maximum absolute atomic E-state index is 12.7. The van der Waals surface area contributed by atoms with E-state index in [1.54, 1.807) is 4.72 Å². The molecule has 1 aromatic rings. The van der Waals surface area contributed by atoms with Crippen molar-refractivity contribution in [2.75, 3.05) is 11.0 Å². The summed E-state index contributed by atoms with van der Waals surface area (Å²) in [6.07, 6.45) is 1.47. The second-order valence-electron chi connectivity index (χ2n) is 2.29. The van der Waals surface area contributed by atoms with Crippen molar-refractivity contribution in [1.29, 1.82) is 0 Å². The number of sulfonamides is 1. The van der Waals surface area contributed by atoms with E-state index < -0.39 is 27.3 Å². The van der Waals surface area contributed by atoms with E-state index in [4.69, 9.17) is 0 Å². The Balaban J connectivity index is 3.15. The molecule has 0 aliphatic carbocycles. The minimum atomic E-state index is -3.60. The van der Waals surface area contributed by atoms with Crippen molar-refractivity contribution in [3.63, 3.8) is 0 Å². The van der Waals surface area contributed by atoms with Crippen LogP contribution >= 0.6 is 0 Å². The van der Waals surface area contributed by atoms with Gasteiger partial charge in [0.25, 0.3) is 0 Å². The van der Waals surface area contributed by atoms with Crippen LogP contribution in [0.2, 0.25) is 0 Å². The Bertz CT molecular complexity index is 466. The van der Waals surface area contributed by atoms with Crippen LogP contribution in [0.15, 0.2) is 11.0 Å². The summed E-state index contributed by atoms with van der Waals surface area (Å²) in [7, 11) is -3.60. The highest BCUT2D eigenvalue weighted by atomic mass is 32.2.